The van der Waals surface area contributed by atoms with Crippen molar-refractivity contribution < 1.29 is 27.5 Å². The molecule has 1 aliphatic carbocycles. The second kappa shape index (κ2) is 10.6. The van der Waals surface area contributed by atoms with Gasteiger partial charge in [-0.2, -0.15) is 4.31 Å². The van der Waals surface area contributed by atoms with E-state index in [1.807, 2.05) is 0 Å². The molecule has 1 aromatic rings. The molecule has 0 heterocycles. The first-order valence-corrected chi connectivity index (χ1v) is 11.0. The minimum atomic E-state index is -3.92. The van der Waals surface area contributed by atoms with Gasteiger partial charge in [0.05, 0.1) is 4.90 Å². The SMILES string of the molecule is CN(CC(=O)OCC(=O)NC(=O)NC1CCCCC1)S(=O)(=O)c1ccc(Cl)cc1. The smallest absolute Gasteiger partial charge is 0.321 e. The van der Waals surface area contributed by atoms with Gasteiger partial charge in [-0.3, -0.25) is 14.9 Å². The molecule has 0 radical (unpaired) electrons. The third-order valence-electron chi connectivity index (χ3n) is 4.43. The van der Waals surface area contributed by atoms with Gasteiger partial charge in [-0.05, 0) is 37.1 Å². The lowest BCUT2D eigenvalue weighted by atomic mass is 9.96. The molecule has 0 atom stereocenters. The molecule has 2 N–H and O–H groups in total. The summed E-state index contributed by atoms with van der Waals surface area (Å²) in [6.07, 6.45) is 4.93. The second-order valence-electron chi connectivity index (χ2n) is 6.73. The number of esters is 1. The Kier molecular flexibility index (Phi) is 8.42. The summed E-state index contributed by atoms with van der Waals surface area (Å²) in [7, 11) is -2.70. The van der Waals surface area contributed by atoms with Gasteiger partial charge in [0.15, 0.2) is 6.61 Å². The van der Waals surface area contributed by atoms with Crippen LogP contribution in [0.15, 0.2) is 29.2 Å². The van der Waals surface area contributed by atoms with Gasteiger partial charge in [0.1, 0.15) is 6.54 Å². The van der Waals surface area contributed by atoms with Gasteiger partial charge in [0.2, 0.25) is 10.0 Å². The fraction of sp³-hybridized carbons (Fsp3) is 0.500. The number of carbonyl (C=O) groups excluding carboxylic acids is 3. The van der Waals surface area contributed by atoms with E-state index in [0.29, 0.717) is 5.02 Å². The average molecular weight is 446 g/mol. The summed E-state index contributed by atoms with van der Waals surface area (Å²) < 4.78 is 30.3. The van der Waals surface area contributed by atoms with Crippen LogP contribution in [0.3, 0.4) is 0 Å². The first-order chi connectivity index (χ1) is 13.7. The van der Waals surface area contributed by atoms with E-state index in [-0.39, 0.29) is 10.9 Å². The highest BCUT2D eigenvalue weighted by Crippen LogP contribution is 2.18. The van der Waals surface area contributed by atoms with Gasteiger partial charge in [-0.25, -0.2) is 13.2 Å². The van der Waals surface area contributed by atoms with Crippen molar-refractivity contribution in [2.24, 2.45) is 0 Å². The first kappa shape index (κ1) is 23.1. The number of nitrogens with zero attached hydrogens (tertiary/aromatic N) is 1. The van der Waals surface area contributed by atoms with Gasteiger partial charge in [0.25, 0.3) is 5.91 Å². The first-order valence-electron chi connectivity index (χ1n) is 9.16. The molecule has 0 unspecified atom stereocenters. The lowest BCUT2D eigenvalue weighted by Gasteiger charge is -2.22. The second-order valence-corrected chi connectivity index (χ2v) is 9.21. The Morgan fingerprint density at radius 3 is 2.38 bits per heavy atom. The molecule has 11 heteroatoms. The number of rotatable bonds is 7. The summed E-state index contributed by atoms with van der Waals surface area (Å²) >= 11 is 5.74. The topological polar surface area (TPSA) is 122 Å². The number of sulfonamides is 1. The van der Waals surface area contributed by atoms with E-state index in [4.69, 9.17) is 16.3 Å². The molecule has 1 aliphatic rings. The van der Waals surface area contributed by atoms with Crippen LogP contribution < -0.4 is 10.6 Å². The van der Waals surface area contributed by atoms with Gasteiger partial charge in [-0.1, -0.05) is 30.9 Å². The summed E-state index contributed by atoms with van der Waals surface area (Å²) in [4.78, 5) is 35.3. The van der Waals surface area contributed by atoms with E-state index < -0.39 is 41.1 Å². The number of halogens is 1. The zero-order chi connectivity index (χ0) is 21.4. The summed E-state index contributed by atoms with van der Waals surface area (Å²) in [5, 5.41) is 5.17. The van der Waals surface area contributed by atoms with Crippen LogP contribution in [0.25, 0.3) is 0 Å². The van der Waals surface area contributed by atoms with Crippen molar-refractivity contribution >= 4 is 39.5 Å². The lowest BCUT2D eigenvalue weighted by molar-refractivity contribution is -0.148. The fourth-order valence-electron chi connectivity index (χ4n) is 2.88. The lowest BCUT2D eigenvalue weighted by Crippen LogP contribution is -2.46. The summed E-state index contributed by atoms with van der Waals surface area (Å²) in [5.74, 6) is -1.72. The molecular formula is C18H24ClN3O6S. The molecule has 1 fully saturated rings. The zero-order valence-corrected chi connectivity index (χ0v) is 17.6. The number of urea groups is 1. The maximum atomic E-state index is 12.4. The number of likely N-dealkylation sites (N-methyl/N-ethyl adjacent to an activating group) is 1. The molecule has 0 spiro atoms. The van der Waals surface area contributed by atoms with Crippen LogP contribution >= 0.6 is 11.6 Å². The van der Waals surface area contributed by atoms with Crippen LogP contribution in [-0.2, 0) is 24.3 Å². The number of imide groups is 1. The summed E-state index contributed by atoms with van der Waals surface area (Å²) in [5.41, 5.74) is 0. The third kappa shape index (κ3) is 7.30. The Hall–Kier alpha value is -2.17. The van der Waals surface area contributed by atoms with Crippen LogP contribution in [0.1, 0.15) is 32.1 Å². The zero-order valence-electron chi connectivity index (χ0n) is 16.0. The average Bonchev–Trinajstić information content (AvgIpc) is 2.67. The fourth-order valence-corrected chi connectivity index (χ4v) is 4.12. The Labute approximate surface area is 174 Å². The summed E-state index contributed by atoms with van der Waals surface area (Å²) in [6.45, 7) is -1.28. The molecule has 1 aromatic carbocycles. The maximum Gasteiger partial charge on any atom is 0.321 e. The van der Waals surface area contributed by atoms with Crippen LogP contribution in [0.5, 0.6) is 0 Å². The number of ether oxygens (including phenoxy) is 1. The Morgan fingerprint density at radius 2 is 1.76 bits per heavy atom. The molecule has 0 bridgehead atoms. The number of nitrogens with one attached hydrogen (secondary N) is 2. The molecule has 3 amide bonds. The van der Waals surface area contributed by atoms with E-state index >= 15 is 0 Å². The number of amides is 3. The predicted molar refractivity (Wildman–Crippen MR) is 106 cm³/mol. The highest BCUT2D eigenvalue weighted by atomic mass is 35.5. The molecule has 0 aromatic heterocycles. The molecule has 2 rings (SSSR count). The van der Waals surface area contributed by atoms with Crippen molar-refractivity contribution in [3.05, 3.63) is 29.3 Å². The number of hydrogen-bond acceptors (Lipinski definition) is 6. The van der Waals surface area contributed by atoms with Crippen molar-refractivity contribution in [3.63, 3.8) is 0 Å². The van der Waals surface area contributed by atoms with Crippen LogP contribution in [0, 0.1) is 0 Å². The molecule has 160 valence electrons. The minimum Gasteiger partial charge on any atom is -0.455 e. The van der Waals surface area contributed by atoms with Gasteiger partial charge >= 0.3 is 12.0 Å². The highest BCUT2D eigenvalue weighted by molar-refractivity contribution is 7.89. The monoisotopic (exact) mass is 445 g/mol. The molecule has 1 saturated carbocycles. The van der Waals surface area contributed by atoms with Crippen molar-refractivity contribution in [1.82, 2.24) is 14.9 Å². The largest absolute Gasteiger partial charge is 0.455 e. The van der Waals surface area contributed by atoms with Crippen LogP contribution in [0.2, 0.25) is 5.02 Å². The van der Waals surface area contributed by atoms with Crippen LogP contribution in [-0.4, -0.2) is 56.9 Å². The van der Waals surface area contributed by atoms with Gasteiger partial charge in [0, 0.05) is 18.1 Å². The van der Waals surface area contributed by atoms with Crippen LogP contribution in [0.4, 0.5) is 4.79 Å². The number of carbonyl (C=O) groups is 3. The van der Waals surface area contributed by atoms with E-state index in [2.05, 4.69) is 10.6 Å². The van der Waals surface area contributed by atoms with E-state index in [0.717, 1.165) is 36.4 Å². The van der Waals surface area contributed by atoms with E-state index in [9.17, 15) is 22.8 Å². The Balaban J connectivity index is 1.75. The molecule has 0 saturated heterocycles. The summed E-state index contributed by atoms with van der Waals surface area (Å²) in [6, 6.07) is 4.87. The third-order valence-corrected chi connectivity index (χ3v) is 6.50. The van der Waals surface area contributed by atoms with Crippen molar-refractivity contribution in [2.45, 2.75) is 43.0 Å². The highest BCUT2D eigenvalue weighted by Gasteiger charge is 2.24. The number of hydrogen-bond donors (Lipinski definition) is 2. The molecule has 9 nitrogen and oxygen atoms in total. The van der Waals surface area contributed by atoms with Gasteiger partial charge in [-0.15, -0.1) is 0 Å². The molecular weight excluding hydrogens is 422 g/mol. The van der Waals surface area contributed by atoms with E-state index in [1.165, 1.54) is 31.3 Å². The minimum absolute atomic E-state index is 0.0330. The standard InChI is InChI=1S/C18H24ClN3O6S/c1-22(29(26,27)15-9-7-13(19)8-10-15)11-17(24)28-12-16(23)21-18(25)20-14-5-3-2-4-6-14/h7-10,14H,2-6,11-12H2,1H3,(H2,20,21,23,25). The quantitative estimate of drug-likeness (QED) is 0.615. The van der Waals surface area contributed by atoms with Crippen molar-refractivity contribution in [1.29, 1.82) is 0 Å². The van der Waals surface area contributed by atoms with Crippen molar-refractivity contribution in [3.8, 4) is 0 Å². The Bertz CT molecular complexity index is 838. The maximum absolute atomic E-state index is 12.4. The normalized spacial score (nSPS) is 15.0. The number of benzene rings is 1. The molecule has 0 aliphatic heterocycles. The van der Waals surface area contributed by atoms with Crippen molar-refractivity contribution in [2.75, 3.05) is 20.2 Å². The Morgan fingerprint density at radius 1 is 1.14 bits per heavy atom. The van der Waals surface area contributed by atoms with Gasteiger partial charge < -0.3 is 10.1 Å². The predicted octanol–water partition coefficient (Wildman–Crippen LogP) is 1.66. The molecule has 29 heavy (non-hydrogen) atoms. The van der Waals surface area contributed by atoms with E-state index in [1.54, 1.807) is 0 Å².